The van der Waals surface area contributed by atoms with E-state index in [1.54, 1.807) is 0 Å². The van der Waals surface area contributed by atoms with Gasteiger partial charge in [-0.15, -0.1) is 0 Å². The van der Waals surface area contributed by atoms with Gasteiger partial charge in [-0.05, 0) is 31.4 Å². The van der Waals surface area contributed by atoms with Crippen LogP contribution in [0.5, 0.6) is 0 Å². The first-order valence-corrected chi connectivity index (χ1v) is 7.33. The number of aliphatic hydroxyl groups excluding tert-OH is 1. The van der Waals surface area contributed by atoms with Crippen molar-refractivity contribution in [3.8, 4) is 0 Å². The van der Waals surface area contributed by atoms with E-state index in [0.717, 1.165) is 25.1 Å². The highest BCUT2D eigenvalue weighted by atomic mass is 32.2. The lowest BCUT2D eigenvalue weighted by molar-refractivity contribution is 0.0780. The third-order valence-corrected chi connectivity index (χ3v) is 4.81. The van der Waals surface area contributed by atoms with Crippen LogP contribution in [0.1, 0.15) is 49.3 Å². The van der Waals surface area contributed by atoms with Crippen LogP contribution in [-0.2, 0) is 6.42 Å². The van der Waals surface area contributed by atoms with Gasteiger partial charge < -0.3 is 9.67 Å². The number of hydrogen-bond acceptors (Lipinski definition) is 3. The molecule has 2 aliphatic heterocycles. The van der Waals surface area contributed by atoms with Gasteiger partial charge in [-0.25, -0.2) is 4.98 Å². The minimum atomic E-state index is -0.332. The summed E-state index contributed by atoms with van der Waals surface area (Å²) in [6, 6.07) is 0. The molecular weight excluding hydrogens is 220 g/mol. The van der Waals surface area contributed by atoms with Crippen molar-refractivity contribution in [1.29, 1.82) is 0 Å². The first kappa shape index (κ1) is 10.7. The van der Waals surface area contributed by atoms with E-state index in [-0.39, 0.29) is 6.23 Å². The van der Waals surface area contributed by atoms with E-state index in [9.17, 15) is 5.11 Å². The van der Waals surface area contributed by atoms with Gasteiger partial charge in [0.1, 0.15) is 12.1 Å². The Morgan fingerprint density at radius 3 is 3.06 bits per heavy atom. The van der Waals surface area contributed by atoms with Crippen LogP contribution in [0.3, 0.4) is 0 Å². The van der Waals surface area contributed by atoms with Crippen LogP contribution >= 0.6 is 11.8 Å². The van der Waals surface area contributed by atoms with Gasteiger partial charge in [0.2, 0.25) is 0 Å². The standard InChI is InChI=1S/C12H18N2OS/c15-12-5-1-4-11-13-10(7-14(11)12)9-3-2-6-16-8-9/h7,9,12,15H,1-6,8H2. The fraction of sp³-hybridized carbons (Fsp3) is 0.750. The number of aliphatic hydroxyl groups is 1. The zero-order valence-corrected chi connectivity index (χ0v) is 10.2. The monoisotopic (exact) mass is 238 g/mol. The third-order valence-electron chi connectivity index (χ3n) is 3.59. The summed E-state index contributed by atoms with van der Waals surface area (Å²) in [5.74, 6) is 4.20. The molecule has 1 aromatic heterocycles. The molecule has 0 aliphatic carbocycles. The fourth-order valence-electron chi connectivity index (χ4n) is 2.65. The maximum absolute atomic E-state index is 9.89. The molecule has 0 spiro atoms. The van der Waals surface area contributed by atoms with Gasteiger partial charge in [-0.3, -0.25) is 0 Å². The number of imidazole rings is 1. The van der Waals surface area contributed by atoms with Crippen LogP contribution < -0.4 is 0 Å². The minimum absolute atomic E-state index is 0.332. The fourth-order valence-corrected chi connectivity index (χ4v) is 3.81. The number of nitrogens with zero attached hydrogens (tertiary/aromatic N) is 2. The van der Waals surface area contributed by atoms with Gasteiger partial charge in [0.15, 0.2) is 0 Å². The van der Waals surface area contributed by atoms with Crippen molar-refractivity contribution in [2.75, 3.05) is 11.5 Å². The van der Waals surface area contributed by atoms with E-state index < -0.39 is 0 Å². The summed E-state index contributed by atoms with van der Waals surface area (Å²) in [6.45, 7) is 0. The molecule has 88 valence electrons. The molecule has 0 radical (unpaired) electrons. The summed E-state index contributed by atoms with van der Waals surface area (Å²) in [6.07, 6.45) is 7.30. The Hall–Kier alpha value is -0.480. The second-order valence-corrected chi connectivity index (χ2v) is 5.93. The van der Waals surface area contributed by atoms with Crippen molar-refractivity contribution in [2.24, 2.45) is 0 Å². The summed E-state index contributed by atoms with van der Waals surface area (Å²) in [5, 5.41) is 9.89. The van der Waals surface area contributed by atoms with Gasteiger partial charge in [0.25, 0.3) is 0 Å². The third kappa shape index (κ3) is 1.89. The number of thioether (sulfide) groups is 1. The van der Waals surface area contributed by atoms with Crippen LogP contribution in [0.2, 0.25) is 0 Å². The second kappa shape index (κ2) is 4.41. The topological polar surface area (TPSA) is 38.1 Å². The molecule has 1 fully saturated rings. The lowest BCUT2D eigenvalue weighted by Crippen LogP contribution is -2.16. The van der Waals surface area contributed by atoms with E-state index in [4.69, 9.17) is 4.98 Å². The maximum Gasteiger partial charge on any atom is 0.131 e. The second-order valence-electron chi connectivity index (χ2n) is 4.78. The molecule has 2 atom stereocenters. The predicted molar refractivity (Wildman–Crippen MR) is 65.7 cm³/mol. The number of fused-ring (bicyclic) bond motifs is 1. The summed E-state index contributed by atoms with van der Waals surface area (Å²) >= 11 is 2.03. The van der Waals surface area contributed by atoms with E-state index >= 15 is 0 Å². The highest BCUT2D eigenvalue weighted by Crippen LogP contribution is 2.32. The predicted octanol–water partition coefficient (Wildman–Crippen LogP) is 2.32. The van der Waals surface area contributed by atoms with Crippen LogP contribution in [0.4, 0.5) is 0 Å². The van der Waals surface area contributed by atoms with Crippen molar-refractivity contribution >= 4 is 11.8 Å². The molecule has 0 amide bonds. The molecule has 0 aromatic carbocycles. The van der Waals surface area contributed by atoms with Gasteiger partial charge in [0, 0.05) is 24.3 Å². The summed E-state index contributed by atoms with van der Waals surface area (Å²) in [7, 11) is 0. The highest BCUT2D eigenvalue weighted by molar-refractivity contribution is 7.99. The van der Waals surface area contributed by atoms with Gasteiger partial charge >= 0.3 is 0 Å². The zero-order chi connectivity index (χ0) is 11.0. The molecule has 3 rings (SSSR count). The molecule has 4 heteroatoms. The normalized spacial score (nSPS) is 30.1. The number of hydrogen-bond donors (Lipinski definition) is 1. The minimum Gasteiger partial charge on any atom is -0.373 e. The quantitative estimate of drug-likeness (QED) is 0.816. The average molecular weight is 238 g/mol. The van der Waals surface area contributed by atoms with Crippen LogP contribution in [0.25, 0.3) is 0 Å². The lowest BCUT2D eigenvalue weighted by Gasteiger charge is -2.20. The molecule has 0 bridgehead atoms. The molecule has 3 nitrogen and oxygen atoms in total. The molecule has 1 aromatic rings. The lowest BCUT2D eigenvalue weighted by atomic mass is 10.0. The number of aryl methyl sites for hydroxylation is 1. The zero-order valence-electron chi connectivity index (χ0n) is 9.43. The van der Waals surface area contributed by atoms with Crippen molar-refractivity contribution in [3.63, 3.8) is 0 Å². The Morgan fingerprint density at radius 1 is 1.38 bits per heavy atom. The van der Waals surface area contributed by atoms with Gasteiger partial charge in [-0.1, -0.05) is 0 Å². The smallest absolute Gasteiger partial charge is 0.131 e. The Labute approximate surface area is 100 Å². The Bertz CT molecular complexity index is 371. The molecule has 0 saturated carbocycles. The van der Waals surface area contributed by atoms with Crippen molar-refractivity contribution in [1.82, 2.24) is 9.55 Å². The molecule has 16 heavy (non-hydrogen) atoms. The van der Waals surface area contributed by atoms with Crippen LogP contribution in [0, 0.1) is 0 Å². The van der Waals surface area contributed by atoms with Crippen molar-refractivity contribution in [2.45, 2.75) is 44.2 Å². The number of rotatable bonds is 1. The first-order valence-electron chi connectivity index (χ1n) is 6.18. The highest BCUT2D eigenvalue weighted by Gasteiger charge is 2.24. The SMILES string of the molecule is OC1CCCc2nc(C3CCCSC3)cn21. The maximum atomic E-state index is 9.89. The van der Waals surface area contributed by atoms with E-state index in [2.05, 4.69) is 6.20 Å². The molecule has 1 N–H and O–H groups in total. The molecule has 1 saturated heterocycles. The molecular formula is C12H18N2OS. The van der Waals surface area contributed by atoms with E-state index in [1.165, 1.54) is 30.0 Å². The molecule has 3 heterocycles. The Balaban J connectivity index is 1.85. The summed E-state index contributed by atoms with van der Waals surface area (Å²) in [5.41, 5.74) is 1.21. The summed E-state index contributed by atoms with van der Waals surface area (Å²) in [4.78, 5) is 4.71. The van der Waals surface area contributed by atoms with Crippen molar-refractivity contribution < 1.29 is 5.11 Å². The molecule has 2 unspecified atom stereocenters. The van der Waals surface area contributed by atoms with Gasteiger partial charge in [0.05, 0.1) is 5.69 Å². The Morgan fingerprint density at radius 2 is 2.31 bits per heavy atom. The summed E-state index contributed by atoms with van der Waals surface area (Å²) < 4.78 is 1.98. The van der Waals surface area contributed by atoms with Crippen LogP contribution in [-0.4, -0.2) is 26.2 Å². The number of aromatic nitrogens is 2. The van der Waals surface area contributed by atoms with E-state index in [0.29, 0.717) is 5.92 Å². The van der Waals surface area contributed by atoms with Crippen LogP contribution in [0.15, 0.2) is 6.20 Å². The largest absolute Gasteiger partial charge is 0.373 e. The van der Waals surface area contributed by atoms with Gasteiger partial charge in [-0.2, -0.15) is 11.8 Å². The average Bonchev–Trinajstić information content (AvgIpc) is 2.76. The Kier molecular flexibility index (Phi) is 2.94. The first-order chi connectivity index (χ1) is 7.84. The van der Waals surface area contributed by atoms with Crippen molar-refractivity contribution in [3.05, 3.63) is 17.7 Å². The molecule has 2 aliphatic rings. The van der Waals surface area contributed by atoms with E-state index in [1.807, 2.05) is 16.3 Å².